The van der Waals surface area contributed by atoms with Gasteiger partial charge in [0, 0.05) is 6.07 Å². The summed E-state index contributed by atoms with van der Waals surface area (Å²) < 4.78 is 16.6. The van der Waals surface area contributed by atoms with E-state index in [1.807, 2.05) is 35.8 Å². The highest BCUT2D eigenvalue weighted by atomic mass is 16.5. The van der Waals surface area contributed by atoms with E-state index in [1.54, 1.807) is 18.2 Å². The van der Waals surface area contributed by atoms with E-state index in [4.69, 9.17) is 19.7 Å². The first-order valence-corrected chi connectivity index (χ1v) is 7.57. The molecule has 2 aromatic carbocycles. The van der Waals surface area contributed by atoms with Gasteiger partial charge in [-0.2, -0.15) is 0 Å². The number of rotatable bonds is 6. The summed E-state index contributed by atoms with van der Waals surface area (Å²) in [6.45, 7) is 0.567. The van der Waals surface area contributed by atoms with Gasteiger partial charge in [-0.05, 0) is 24.3 Å². The van der Waals surface area contributed by atoms with E-state index in [1.165, 1.54) is 0 Å². The van der Waals surface area contributed by atoms with Gasteiger partial charge >= 0.3 is 5.91 Å². The lowest BCUT2D eigenvalue weighted by Gasteiger charge is -2.10. The summed E-state index contributed by atoms with van der Waals surface area (Å²) in [5.41, 5.74) is 1.78. The second-order valence-electron chi connectivity index (χ2n) is 5.09. The van der Waals surface area contributed by atoms with Crippen molar-refractivity contribution in [2.45, 2.75) is 0 Å². The van der Waals surface area contributed by atoms with Crippen LogP contribution in [0.25, 0.3) is 11.0 Å². The number of hydrazine groups is 1. The van der Waals surface area contributed by atoms with Crippen molar-refractivity contribution in [2.75, 3.05) is 13.2 Å². The Hall–Kier alpha value is -3.32. The van der Waals surface area contributed by atoms with Crippen molar-refractivity contribution in [1.29, 1.82) is 0 Å². The van der Waals surface area contributed by atoms with Crippen molar-refractivity contribution >= 4 is 16.9 Å². The number of para-hydroxylation sites is 1. The summed E-state index contributed by atoms with van der Waals surface area (Å²) in [4.78, 5) is 23.8. The van der Waals surface area contributed by atoms with Crippen LogP contribution in [0.2, 0.25) is 0 Å². The molecule has 128 valence electrons. The largest absolute Gasteiger partial charge is 0.490 e. The Labute approximate surface area is 142 Å². The molecule has 7 nitrogen and oxygen atoms in total. The third-order valence-corrected chi connectivity index (χ3v) is 3.42. The molecule has 0 unspecified atom stereocenters. The van der Waals surface area contributed by atoms with Crippen LogP contribution in [0, 0.1) is 0 Å². The minimum atomic E-state index is -0.679. The van der Waals surface area contributed by atoms with Crippen molar-refractivity contribution in [2.24, 2.45) is 5.84 Å². The second-order valence-corrected chi connectivity index (χ2v) is 5.09. The number of ether oxygens (including phenoxy) is 2. The third kappa shape index (κ3) is 3.78. The van der Waals surface area contributed by atoms with Gasteiger partial charge in [0.05, 0.1) is 0 Å². The molecule has 3 N–H and O–H groups in total. The van der Waals surface area contributed by atoms with Crippen LogP contribution in [-0.2, 0) is 0 Å². The summed E-state index contributed by atoms with van der Waals surface area (Å²) in [5, 5.41) is 0.260. The Morgan fingerprint density at radius 1 is 1.04 bits per heavy atom. The van der Waals surface area contributed by atoms with Gasteiger partial charge in [0.15, 0.2) is 11.2 Å². The first-order valence-electron chi connectivity index (χ1n) is 7.57. The number of amides is 1. The number of carbonyl (C=O) groups excluding carboxylic acids is 1. The Kier molecular flexibility index (Phi) is 4.96. The molecule has 1 aromatic heterocycles. The molecule has 0 atom stereocenters. The normalized spacial score (nSPS) is 10.4. The second kappa shape index (κ2) is 7.50. The fourth-order valence-corrected chi connectivity index (χ4v) is 2.31. The molecule has 7 heteroatoms. The summed E-state index contributed by atoms with van der Waals surface area (Å²) in [7, 11) is 0. The van der Waals surface area contributed by atoms with Crippen LogP contribution in [0.15, 0.2) is 63.8 Å². The standard InChI is InChI=1S/C18H16N2O5/c19-20-18(22)16-11-13(21)17-14(7-4-8-15(17)25-16)24-10-9-23-12-5-2-1-3-6-12/h1-8,11H,9-10,19H2,(H,20,22). The smallest absolute Gasteiger partial charge is 0.301 e. The van der Waals surface area contributed by atoms with Crippen LogP contribution in [0.1, 0.15) is 10.6 Å². The summed E-state index contributed by atoms with van der Waals surface area (Å²) in [5.74, 6) is 5.32. The molecule has 0 saturated heterocycles. The van der Waals surface area contributed by atoms with Gasteiger partial charge < -0.3 is 13.9 Å². The first-order chi connectivity index (χ1) is 12.2. The number of hydrogen-bond donors (Lipinski definition) is 2. The van der Waals surface area contributed by atoms with Gasteiger partial charge in [-0.25, -0.2) is 5.84 Å². The van der Waals surface area contributed by atoms with Gasteiger partial charge in [0.1, 0.15) is 35.7 Å². The number of nitrogens with two attached hydrogens (primary N) is 1. The Morgan fingerprint density at radius 2 is 1.80 bits per heavy atom. The van der Waals surface area contributed by atoms with Crippen molar-refractivity contribution in [3.8, 4) is 11.5 Å². The summed E-state index contributed by atoms with van der Waals surface area (Å²) in [6.07, 6.45) is 0. The van der Waals surface area contributed by atoms with Crippen molar-refractivity contribution in [3.05, 3.63) is 70.6 Å². The molecule has 0 bridgehead atoms. The number of hydrogen-bond acceptors (Lipinski definition) is 6. The van der Waals surface area contributed by atoms with Crippen LogP contribution in [-0.4, -0.2) is 19.1 Å². The fourth-order valence-electron chi connectivity index (χ4n) is 2.31. The zero-order chi connectivity index (χ0) is 17.6. The van der Waals surface area contributed by atoms with Gasteiger partial charge in [0.25, 0.3) is 0 Å². The highest BCUT2D eigenvalue weighted by molar-refractivity contribution is 5.93. The summed E-state index contributed by atoms with van der Waals surface area (Å²) >= 11 is 0. The average Bonchev–Trinajstić information content (AvgIpc) is 2.65. The molecule has 0 radical (unpaired) electrons. The van der Waals surface area contributed by atoms with E-state index < -0.39 is 5.91 Å². The van der Waals surface area contributed by atoms with Gasteiger partial charge in [0.2, 0.25) is 0 Å². The zero-order valence-electron chi connectivity index (χ0n) is 13.2. The molecular formula is C18H16N2O5. The lowest BCUT2D eigenvalue weighted by Crippen LogP contribution is -2.30. The number of nitrogen functional groups attached to an aromatic ring is 1. The van der Waals surface area contributed by atoms with Crippen LogP contribution in [0.4, 0.5) is 0 Å². The predicted octanol–water partition coefficient (Wildman–Crippen LogP) is 1.85. The topological polar surface area (TPSA) is 104 Å². The van der Waals surface area contributed by atoms with Crippen LogP contribution >= 0.6 is 0 Å². The van der Waals surface area contributed by atoms with E-state index in [0.717, 1.165) is 11.8 Å². The Bertz CT molecular complexity index is 937. The van der Waals surface area contributed by atoms with Crippen LogP contribution in [0.3, 0.4) is 0 Å². The third-order valence-electron chi connectivity index (χ3n) is 3.42. The molecule has 0 spiro atoms. The lowest BCUT2D eigenvalue weighted by molar-refractivity contribution is 0.0926. The minimum absolute atomic E-state index is 0.162. The quantitative estimate of drug-likeness (QED) is 0.307. The Balaban J connectivity index is 1.75. The van der Waals surface area contributed by atoms with Crippen molar-refractivity contribution in [1.82, 2.24) is 5.43 Å². The van der Waals surface area contributed by atoms with Gasteiger partial charge in [-0.1, -0.05) is 24.3 Å². The molecule has 1 amide bonds. The molecule has 0 fully saturated rings. The van der Waals surface area contributed by atoms with Crippen LogP contribution in [0.5, 0.6) is 11.5 Å². The first kappa shape index (κ1) is 16.5. The molecule has 0 aliphatic heterocycles. The molecule has 0 aliphatic carbocycles. The Morgan fingerprint density at radius 3 is 2.56 bits per heavy atom. The molecule has 0 aliphatic rings. The van der Waals surface area contributed by atoms with Crippen LogP contribution < -0.4 is 26.2 Å². The van der Waals surface area contributed by atoms with Crippen molar-refractivity contribution < 1.29 is 18.7 Å². The van der Waals surface area contributed by atoms with Gasteiger partial charge in [-0.15, -0.1) is 0 Å². The summed E-state index contributed by atoms with van der Waals surface area (Å²) in [6, 6.07) is 15.3. The number of carbonyl (C=O) groups is 1. The molecule has 25 heavy (non-hydrogen) atoms. The molecular weight excluding hydrogens is 324 g/mol. The molecule has 3 aromatic rings. The molecule has 0 saturated carbocycles. The maximum atomic E-state index is 12.3. The average molecular weight is 340 g/mol. The lowest BCUT2D eigenvalue weighted by atomic mass is 10.2. The monoisotopic (exact) mass is 340 g/mol. The number of nitrogens with one attached hydrogen (secondary N) is 1. The highest BCUT2D eigenvalue weighted by Crippen LogP contribution is 2.23. The van der Waals surface area contributed by atoms with E-state index >= 15 is 0 Å². The van der Waals surface area contributed by atoms with Gasteiger partial charge in [-0.3, -0.25) is 15.0 Å². The molecule has 3 rings (SSSR count). The van der Waals surface area contributed by atoms with E-state index in [-0.39, 0.29) is 28.8 Å². The van der Waals surface area contributed by atoms with E-state index in [2.05, 4.69) is 0 Å². The maximum Gasteiger partial charge on any atom is 0.301 e. The maximum absolute atomic E-state index is 12.3. The number of benzene rings is 2. The predicted molar refractivity (Wildman–Crippen MR) is 91.6 cm³/mol. The SMILES string of the molecule is NNC(=O)c1cc(=O)c2c(OCCOc3ccccc3)cccc2o1. The zero-order valence-corrected chi connectivity index (χ0v) is 13.2. The van der Waals surface area contributed by atoms with E-state index in [9.17, 15) is 9.59 Å². The fraction of sp³-hybridized carbons (Fsp3) is 0.111. The van der Waals surface area contributed by atoms with E-state index in [0.29, 0.717) is 12.4 Å². The van der Waals surface area contributed by atoms with Crippen molar-refractivity contribution in [3.63, 3.8) is 0 Å². The number of fused-ring (bicyclic) bond motifs is 1. The minimum Gasteiger partial charge on any atom is -0.490 e. The highest BCUT2D eigenvalue weighted by Gasteiger charge is 2.14. The molecule has 1 heterocycles.